The lowest BCUT2D eigenvalue weighted by molar-refractivity contribution is -0.192. The Balaban J connectivity index is 0.000000540. The number of primary amides is 1. The van der Waals surface area contributed by atoms with E-state index in [9.17, 15) is 18.0 Å². The zero-order valence-corrected chi connectivity index (χ0v) is 27.7. The van der Waals surface area contributed by atoms with E-state index >= 15 is 0 Å². The van der Waals surface area contributed by atoms with Crippen molar-refractivity contribution in [2.75, 3.05) is 18.0 Å². The number of hydrogen-bond acceptors (Lipinski definition) is 4. The Hall–Kier alpha value is -4.54. The van der Waals surface area contributed by atoms with Gasteiger partial charge in [-0.25, -0.2) is 9.78 Å². The second-order valence-electron chi connectivity index (χ2n) is 12.3. The summed E-state index contributed by atoms with van der Waals surface area (Å²) >= 11 is 12.5. The van der Waals surface area contributed by atoms with Gasteiger partial charge in [0.05, 0.1) is 11.0 Å². The van der Waals surface area contributed by atoms with Crippen LogP contribution in [0.25, 0.3) is 11.0 Å². The van der Waals surface area contributed by atoms with Crippen LogP contribution in [0.15, 0.2) is 91.0 Å². The minimum atomic E-state index is -5.08. The number of carbonyl (C=O) groups is 2. The monoisotopic (exact) mass is 708 g/mol. The summed E-state index contributed by atoms with van der Waals surface area (Å²) in [7, 11) is 0. The molecule has 2 heterocycles. The van der Waals surface area contributed by atoms with Crippen LogP contribution in [0, 0.1) is 0 Å². The van der Waals surface area contributed by atoms with E-state index in [1.54, 1.807) is 6.07 Å². The second kappa shape index (κ2) is 14.1. The van der Waals surface area contributed by atoms with Crippen LogP contribution in [0.2, 0.25) is 10.0 Å². The van der Waals surface area contributed by atoms with Crippen molar-refractivity contribution in [3.8, 4) is 0 Å². The first-order chi connectivity index (χ1) is 23.4. The molecule has 2 aliphatic rings. The first kappa shape index (κ1) is 34.3. The molecule has 1 aromatic heterocycles. The second-order valence-corrected chi connectivity index (χ2v) is 13.2. The molecule has 12 heteroatoms. The summed E-state index contributed by atoms with van der Waals surface area (Å²) in [5.74, 6) is -1.35. The lowest BCUT2D eigenvalue weighted by Gasteiger charge is -2.35. The van der Waals surface area contributed by atoms with Gasteiger partial charge in [0.2, 0.25) is 5.91 Å². The van der Waals surface area contributed by atoms with Crippen LogP contribution in [-0.2, 0) is 4.79 Å². The Morgan fingerprint density at radius 1 is 0.816 bits per heavy atom. The van der Waals surface area contributed by atoms with E-state index in [2.05, 4.69) is 58.0 Å². The van der Waals surface area contributed by atoms with Crippen LogP contribution in [0.1, 0.15) is 76.4 Å². The van der Waals surface area contributed by atoms with Gasteiger partial charge in [-0.05, 0) is 97.0 Å². The van der Waals surface area contributed by atoms with Crippen LogP contribution in [-0.4, -0.2) is 45.8 Å². The number of piperidine rings is 1. The smallest absolute Gasteiger partial charge is 0.475 e. The molecule has 1 saturated carbocycles. The average Bonchev–Trinajstić information content (AvgIpc) is 3.86. The Morgan fingerprint density at radius 2 is 1.37 bits per heavy atom. The third kappa shape index (κ3) is 7.86. The standard InChI is InChI=1S/C35H32Cl2N4O.C2HF3O2/c36-27-11-6-22(7-12-27)33(23-8-13-28(37)14-9-23)25-10-15-31-32(21-25)41(35(39-31)24-4-5-24)29-16-18-40(19-17-29)30-3-1-2-26(20-30)34(38)42;3-2(4,5)1(6)7/h1-3,6-15,20-21,24,29,33H,4-5,16-19H2,(H2,38,42);(H,6,7). The number of imidazole rings is 1. The molecule has 1 amide bonds. The van der Waals surface area contributed by atoms with E-state index in [4.69, 9.17) is 43.8 Å². The fourth-order valence-corrected chi connectivity index (χ4v) is 6.70. The maximum absolute atomic E-state index is 11.7. The van der Waals surface area contributed by atoms with Gasteiger partial charge in [0.25, 0.3) is 0 Å². The molecule has 1 aliphatic carbocycles. The number of carbonyl (C=O) groups excluding carboxylic acids is 1. The average molecular weight is 710 g/mol. The van der Waals surface area contributed by atoms with E-state index in [0.717, 1.165) is 47.2 Å². The van der Waals surface area contributed by atoms with E-state index in [1.807, 2.05) is 36.4 Å². The van der Waals surface area contributed by atoms with Crippen molar-refractivity contribution in [2.45, 2.75) is 49.7 Å². The Morgan fingerprint density at radius 3 is 1.88 bits per heavy atom. The van der Waals surface area contributed by atoms with Crippen LogP contribution < -0.4 is 10.6 Å². The number of aliphatic carboxylic acids is 1. The lowest BCUT2D eigenvalue weighted by atomic mass is 9.85. The highest BCUT2D eigenvalue weighted by atomic mass is 35.5. The van der Waals surface area contributed by atoms with Gasteiger partial charge in [-0.2, -0.15) is 13.2 Å². The molecule has 2 fully saturated rings. The molecule has 3 N–H and O–H groups in total. The highest BCUT2D eigenvalue weighted by molar-refractivity contribution is 6.30. The number of carboxylic acid groups (broad SMARTS) is 1. The van der Waals surface area contributed by atoms with Gasteiger partial charge in [0.15, 0.2) is 0 Å². The van der Waals surface area contributed by atoms with Crippen molar-refractivity contribution in [1.29, 1.82) is 0 Å². The van der Waals surface area contributed by atoms with Crippen LogP contribution in [0.4, 0.5) is 18.9 Å². The number of aromatic nitrogens is 2. The summed E-state index contributed by atoms with van der Waals surface area (Å²) in [6.45, 7) is 1.82. The molecule has 7 nitrogen and oxygen atoms in total. The zero-order chi connectivity index (χ0) is 34.9. The first-order valence-electron chi connectivity index (χ1n) is 15.9. The molecule has 0 radical (unpaired) electrons. The van der Waals surface area contributed by atoms with Crippen molar-refractivity contribution < 1.29 is 27.9 Å². The Labute approximate surface area is 291 Å². The van der Waals surface area contributed by atoms with Crippen LogP contribution in [0.3, 0.4) is 0 Å². The first-order valence-corrected chi connectivity index (χ1v) is 16.6. The largest absolute Gasteiger partial charge is 0.490 e. The summed E-state index contributed by atoms with van der Waals surface area (Å²) < 4.78 is 34.3. The molecule has 0 bridgehead atoms. The van der Waals surface area contributed by atoms with Gasteiger partial charge in [0.1, 0.15) is 5.82 Å². The van der Waals surface area contributed by atoms with Gasteiger partial charge >= 0.3 is 12.1 Å². The molecular weight excluding hydrogens is 676 g/mol. The highest BCUT2D eigenvalue weighted by Gasteiger charge is 2.38. The number of rotatable bonds is 7. The van der Waals surface area contributed by atoms with Crippen molar-refractivity contribution in [3.63, 3.8) is 0 Å². The fourth-order valence-electron chi connectivity index (χ4n) is 6.45. The van der Waals surface area contributed by atoms with E-state index < -0.39 is 18.1 Å². The van der Waals surface area contributed by atoms with Crippen molar-refractivity contribution >= 4 is 51.8 Å². The summed E-state index contributed by atoms with van der Waals surface area (Å²) in [6.07, 6.45) is -0.664. The zero-order valence-electron chi connectivity index (χ0n) is 26.2. The maximum atomic E-state index is 11.7. The van der Waals surface area contributed by atoms with Crippen molar-refractivity contribution in [2.24, 2.45) is 5.73 Å². The molecule has 7 rings (SSSR count). The number of hydrogen-bond donors (Lipinski definition) is 2. The molecular formula is C37H33Cl2F3N4O3. The number of benzene rings is 4. The molecule has 5 aromatic rings. The van der Waals surface area contributed by atoms with Gasteiger partial charge in [0, 0.05) is 52.3 Å². The van der Waals surface area contributed by atoms with Crippen LogP contribution >= 0.6 is 23.2 Å². The highest BCUT2D eigenvalue weighted by Crippen LogP contribution is 2.44. The Bertz CT molecular complexity index is 1920. The van der Waals surface area contributed by atoms with Gasteiger partial charge in [-0.3, -0.25) is 4.79 Å². The van der Waals surface area contributed by atoms with Crippen LogP contribution in [0.5, 0.6) is 0 Å². The molecule has 1 aliphatic heterocycles. The number of nitrogens with two attached hydrogens (primary N) is 1. The molecule has 0 atom stereocenters. The lowest BCUT2D eigenvalue weighted by Crippen LogP contribution is -2.35. The van der Waals surface area contributed by atoms with E-state index in [-0.39, 0.29) is 5.92 Å². The van der Waals surface area contributed by atoms with Gasteiger partial charge in [-0.15, -0.1) is 0 Å². The van der Waals surface area contributed by atoms with Crippen molar-refractivity contribution in [3.05, 3.63) is 129 Å². The minimum absolute atomic E-state index is 0.0380. The normalized spacial score (nSPS) is 15.3. The summed E-state index contributed by atoms with van der Waals surface area (Å²) in [5.41, 5.74) is 13.0. The maximum Gasteiger partial charge on any atom is 0.490 e. The number of carboxylic acids is 1. The summed E-state index contributed by atoms with van der Waals surface area (Å²) in [5, 5.41) is 8.58. The van der Waals surface area contributed by atoms with E-state index in [1.165, 1.54) is 40.9 Å². The number of anilines is 1. The SMILES string of the molecule is NC(=O)c1cccc(N2CCC(n3c(C4CC4)nc4ccc(C(c5ccc(Cl)cc5)c5ccc(Cl)cc5)cc43)CC2)c1.O=C(O)C(F)(F)F. The number of amides is 1. The predicted molar refractivity (Wildman–Crippen MR) is 185 cm³/mol. The van der Waals surface area contributed by atoms with Gasteiger partial charge in [-0.1, -0.05) is 59.6 Å². The predicted octanol–water partition coefficient (Wildman–Crippen LogP) is 8.97. The number of alkyl halides is 3. The number of nitrogens with zero attached hydrogens (tertiary/aromatic N) is 3. The molecule has 0 unspecified atom stereocenters. The molecule has 4 aromatic carbocycles. The quantitative estimate of drug-likeness (QED) is 0.164. The molecule has 254 valence electrons. The van der Waals surface area contributed by atoms with E-state index in [0.29, 0.717) is 17.5 Å². The third-order valence-electron chi connectivity index (χ3n) is 8.99. The Kier molecular flexibility index (Phi) is 9.90. The summed E-state index contributed by atoms with van der Waals surface area (Å²) in [4.78, 5) is 28.2. The van der Waals surface area contributed by atoms with Gasteiger partial charge < -0.3 is 20.3 Å². The number of fused-ring (bicyclic) bond motifs is 1. The topological polar surface area (TPSA) is 101 Å². The van der Waals surface area contributed by atoms with Crippen molar-refractivity contribution in [1.82, 2.24) is 9.55 Å². The summed E-state index contributed by atoms with van der Waals surface area (Å²) in [6, 6.07) is 31.1. The third-order valence-corrected chi connectivity index (χ3v) is 9.50. The molecule has 0 spiro atoms. The molecule has 1 saturated heterocycles. The fraction of sp³-hybridized carbons (Fsp3) is 0.270. The minimum Gasteiger partial charge on any atom is -0.475 e. The number of halogens is 5. The molecule has 49 heavy (non-hydrogen) atoms.